The summed E-state index contributed by atoms with van der Waals surface area (Å²) in [6.07, 6.45) is 2.24. The van der Waals surface area contributed by atoms with Crippen LogP contribution < -0.4 is 10.6 Å². The number of Topliss-reactive ketones (excluding diaryl/α,β-unsaturated/α-hetero) is 1. The third-order valence-corrected chi connectivity index (χ3v) is 1.74. The van der Waals surface area contributed by atoms with Crippen molar-refractivity contribution in [2.24, 2.45) is 5.92 Å². The van der Waals surface area contributed by atoms with Gasteiger partial charge in [0.15, 0.2) is 0 Å². The molecule has 0 aromatic heterocycles. The third-order valence-electron chi connectivity index (χ3n) is 1.74. The topological polar surface area (TPSA) is 41.1 Å². The van der Waals surface area contributed by atoms with Gasteiger partial charge in [-0.15, -0.1) is 0 Å². The van der Waals surface area contributed by atoms with Crippen LogP contribution in [0.3, 0.4) is 0 Å². The SMILES string of the molecule is C=C1NC=C(CC(=O)C(C)C)N1. The average Bonchev–Trinajstić information content (AvgIpc) is 2.35. The molecule has 0 radical (unpaired) electrons. The minimum absolute atomic E-state index is 0.0987. The molecule has 3 heteroatoms. The first-order valence-corrected chi connectivity index (χ1v) is 4.04. The van der Waals surface area contributed by atoms with E-state index in [2.05, 4.69) is 17.2 Å². The molecule has 0 unspecified atom stereocenters. The smallest absolute Gasteiger partial charge is 0.141 e. The van der Waals surface area contributed by atoms with Crippen LogP contribution in [0.15, 0.2) is 24.3 Å². The number of carbonyl (C=O) groups is 1. The summed E-state index contributed by atoms with van der Waals surface area (Å²) in [6.45, 7) is 7.48. The Bertz CT molecular complexity index is 241. The molecule has 0 aliphatic carbocycles. The van der Waals surface area contributed by atoms with Crippen molar-refractivity contribution in [3.05, 3.63) is 24.3 Å². The van der Waals surface area contributed by atoms with E-state index in [4.69, 9.17) is 0 Å². The maximum Gasteiger partial charge on any atom is 0.141 e. The van der Waals surface area contributed by atoms with E-state index in [0.29, 0.717) is 6.42 Å². The number of hydrogen-bond acceptors (Lipinski definition) is 3. The molecule has 0 atom stereocenters. The lowest BCUT2D eigenvalue weighted by atomic mass is 10.1. The van der Waals surface area contributed by atoms with Crippen molar-refractivity contribution < 1.29 is 4.79 Å². The van der Waals surface area contributed by atoms with E-state index >= 15 is 0 Å². The number of rotatable bonds is 3. The highest BCUT2D eigenvalue weighted by Crippen LogP contribution is 2.08. The van der Waals surface area contributed by atoms with E-state index < -0.39 is 0 Å². The molecule has 1 heterocycles. The quantitative estimate of drug-likeness (QED) is 0.659. The molecule has 0 bridgehead atoms. The highest BCUT2D eigenvalue weighted by molar-refractivity contribution is 5.82. The Labute approximate surface area is 72.5 Å². The molecule has 0 amide bonds. The van der Waals surface area contributed by atoms with E-state index in [-0.39, 0.29) is 11.7 Å². The van der Waals surface area contributed by atoms with E-state index in [0.717, 1.165) is 11.5 Å². The molecule has 0 saturated carbocycles. The van der Waals surface area contributed by atoms with Gasteiger partial charge in [0.1, 0.15) is 5.78 Å². The van der Waals surface area contributed by atoms with Gasteiger partial charge in [0.05, 0.1) is 5.82 Å². The second-order valence-corrected chi connectivity index (χ2v) is 3.22. The zero-order valence-electron chi connectivity index (χ0n) is 7.48. The van der Waals surface area contributed by atoms with Crippen LogP contribution in [0.2, 0.25) is 0 Å². The van der Waals surface area contributed by atoms with Gasteiger partial charge in [0, 0.05) is 24.2 Å². The van der Waals surface area contributed by atoms with Crippen molar-refractivity contribution in [2.75, 3.05) is 0 Å². The van der Waals surface area contributed by atoms with Crippen LogP contribution in [0.4, 0.5) is 0 Å². The van der Waals surface area contributed by atoms with Crippen LogP contribution in [0.1, 0.15) is 20.3 Å². The van der Waals surface area contributed by atoms with Gasteiger partial charge < -0.3 is 10.6 Å². The summed E-state index contributed by atoms with van der Waals surface area (Å²) in [5.74, 6) is 1.08. The van der Waals surface area contributed by atoms with Gasteiger partial charge in [-0.1, -0.05) is 20.4 Å². The van der Waals surface area contributed by atoms with Crippen LogP contribution in [0.25, 0.3) is 0 Å². The molecule has 3 nitrogen and oxygen atoms in total. The fourth-order valence-electron chi connectivity index (χ4n) is 0.927. The van der Waals surface area contributed by atoms with Gasteiger partial charge in [-0.3, -0.25) is 4.79 Å². The summed E-state index contributed by atoms with van der Waals surface area (Å²) in [7, 11) is 0. The maximum absolute atomic E-state index is 11.3. The van der Waals surface area contributed by atoms with E-state index in [1.54, 1.807) is 6.20 Å². The zero-order valence-corrected chi connectivity index (χ0v) is 7.48. The molecule has 1 aliphatic rings. The summed E-state index contributed by atoms with van der Waals surface area (Å²) >= 11 is 0. The Kier molecular flexibility index (Phi) is 2.53. The Morgan fingerprint density at radius 3 is 2.75 bits per heavy atom. The van der Waals surface area contributed by atoms with Crippen molar-refractivity contribution in [1.29, 1.82) is 0 Å². The van der Waals surface area contributed by atoms with Gasteiger partial charge in [0.25, 0.3) is 0 Å². The van der Waals surface area contributed by atoms with Crippen molar-refractivity contribution >= 4 is 5.78 Å². The molecule has 0 fully saturated rings. The molecular weight excluding hydrogens is 152 g/mol. The lowest BCUT2D eigenvalue weighted by Gasteiger charge is -2.04. The number of allylic oxidation sites excluding steroid dienone is 1. The van der Waals surface area contributed by atoms with Gasteiger partial charge in [-0.25, -0.2) is 0 Å². The van der Waals surface area contributed by atoms with Crippen LogP contribution in [0.5, 0.6) is 0 Å². The van der Waals surface area contributed by atoms with Gasteiger partial charge in [-0.2, -0.15) is 0 Å². The van der Waals surface area contributed by atoms with E-state index in [9.17, 15) is 4.79 Å². The molecule has 0 spiro atoms. The summed E-state index contributed by atoms with van der Waals surface area (Å²) in [5.41, 5.74) is 0.902. The van der Waals surface area contributed by atoms with Crippen LogP contribution in [-0.2, 0) is 4.79 Å². The van der Waals surface area contributed by atoms with Crippen LogP contribution >= 0.6 is 0 Å². The minimum Gasteiger partial charge on any atom is -0.347 e. The van der Waals surface area contributed by atoms with E-state index in [1.807, 2.05) is 13.8 Å². The summed E-state index contributed by atoms with van der Waals surface area (Å²) < 4.78 is 0. The lowest BCUT2D eigenvalue weighted by Crippen LogP contribution is -2.15. The van der Waals surface area contributed by atoms with Crippen molar-refractivity contribution in [1.82, 2.24) is 10.6 Å². The summed E-state index contributed by atoms with van der Waals surface area (Å²) in [5, 5.41) is 5.87. The number of carbonyl (C=O) groups excluding carboxylic acids is 1. The fraction of sp³-hybridized carbons (Fsp3) is 0.444. The average molecular weight is 166 g/mol. The highest BCUT2D eigenvalue weighted by atomic mass is 16.1. The number of nitrogens with one attached hydrogen (secondary N) is 2. The predicted molar refractivity (Wildman–Crippen MR) is 48.0 cm³/mol. The normalized spacial score (nSPS) is 15.6. The monoisotopic (exact) mass is 166 g/mol. The molecular formula is C9H14N2O. The van der Waals surface area contributed by atoms with Crippen molar-refractivity contribution in [3.8, 4) is 0 Å². The Hall–Kier alpha value is -1.25. The van der Waals surface area contributed by atoms with Gasteiger partial charge >= 0.3 is 0 Å². The molecule has 12 heavy (non-hydrogen) atoms. The summed E-state index contributed by atoms with van der Waals surface area (Å²) in [6, 6.07) is 0. The molecule has 2 N–H and O–H groups in total. The minimum atomic E-state index is 0.0987. The highest BCUT2D eigenvalue weighted by Gasteiger charge is 2.13. The molecule has 66 valence electrons. The van der Waals surface area contributed by atoms with Crippen LogP contribution in [0, 0.1) is 5.92 Å². The van der Waals surface area contributed by atoms with Gasteiger partial charge in [-0.05, 0) is 0 Å². The Morgan fingerprint density at radius 2 is 2.33 bits per heavy atom. The number of ketones is 1. The largest absolute Gasteiger partial charge is 0.347 e. The summed E-state index contributed by atoms with van der Waals surface area (Å²) in [4.78, 5) is 11.3. The predicted octanol–water partition coefficient (Wildman–Crippen LogP) is 1.11. The molecule has 0 aromatic carbocycles. The zero-order chi connectivity index (χ0) is 9.14. The van der Waals surface area contributed by atoms with Crippen molar-refractivity contribution in [3.63, 3.8) is 0 Å². The van der Waals surface area contributed by atoms with Crippen molar-refractivity contribution in [2.45, 2.75) is 20.3 Å². The Balaban J connectivity index is 2.43. The molecule has 1 aliphatic heterocycles. The first kappa shape index (κ1) is 8.84. The van der Waals surface area contributed by atoms with Crippen LogP contribution in [-0.4, -0.2) is 5.78 Å². The third kappa shape index (κ3) is 2.12. The first-order chi connectivity index (χ1) is 5.59. The second-order valence-electron chi connectivity index (χ2n) is 3.22. The molecule has 0 saturated heterocycles. The molecule has 0 aromatic rings. The second kappa shape index (κ2) is 3.43. The molecule has 1 rings (SSSR count). The standard InChI is InChI=1S/C9H14N2O/c1-6(2)9(12)4-8-5-10-7(3)11-8/h5-6,10-11H,3-4H2,1-2H3. The maximum atomic E-state index is 11.3. The van der Waals surface area contributed by atoms with Gasteiger partial charge in [0.2, 0.25) is 0 Å². The lowest BCUT2D eigenvalue weighted by molar-refractivity contribution is -0.121. The van der Waals surface area contributed by atoms with E-state index in [1.165, 1.54) is 0 Å². The first-order valence-electron chi connectivity index (χ1n) is 4.04. The Morgan fingerprint density at radius 1 is 1.67 bits per heavy atom. The fourth-order valence-corrected chi connectivity index (χ4v) is 0.927. The number of hydrogen-bond donors (Lipinski definition) is 2.